The number of rotatable bonds is 4. The van der Waals surface area contributed by atoms with E-state index in [1.165, 1.54) is 16.7 Å². The zero-order valence-electron chi connectivity index (χ0n) is 15.9. The fourth-order valence-corrected chi connectivity index (χ4v) is 3.56. The van der Waals surface area contributed by atoms with Crippen molar-refractivity contribution in [2.45, 2.75) is 43.5 Å². The van der Waals surface area contributed by atoms with E-state index in [9.17, 15) is 19.5 Å². The Balaban J connectivity index is 1.60. The molecule has 0 aliphatic carbocycles. The maximum absolute atomic E-state index is 12.2. The molecule has 0 bridgehead atoms. The third-order valence-electron chi connectivity index (χ3n) is 4.03. The smallest absolute Gasteiger partial charge is 0.414 e. The molecular formula is C18H23N3O6S. The minimum atomic E-state index is -1.09. The molecule has 3 N–H and O–H groups in total. The van der Waals surface area contributed by atoms with Crippen molar-refractivity contribution in [2.75, 3.05) is 29.1 Å². The van der Waals surface area contributed by atoms with Gasteiger partial charge in [0.25, 0.3) is 0 Å². The molecule has 2 heterocycles. The highest BCUT2D eigenvalue weighted by Crippen LogP contribution is 2.35. The zero-order valence-corrected chi connectivity index (χ0v) is 16.7. The second-order valence-electron chi connectivity index (χ2n) is 7.50. The lowest BCUT2D eigenvalue weighted by molar-refractivity contribution is -0.113. The first-order valence-electron chi connectivity index (χ1n) is 8.82. The van der Waals surface area contributed by atoms with Crippen LogP contribution in [0.25, 0.3) is 0 Å². The van der Waals surface area contributed by atoms with Crippen LogP contribution in [0.2, 0.25) is 0 Å². The van der Waals surface area contributed by atoms with E-state index < -0.39 is 30.0 Å². The molecule has 0 aromatic heterocycles. The van der Waals surface area contributed by atoms with Crippen LogP contribution in [0.4, 0.5) is 21.0 Å². The molecule has 152 valence electrons. The largest absolute Gasteiger partial charge is 0.444 e. The van der Waals surface area contributed by atoms with Gasteiger partial charge in [-0.25, -0.2) is 9.59 Å². The van der Waals surface area contributed by atoms with Gasteiger partial charge in [0.1, 0.15) is 17.8 Å². The van der Waals surface area contributed by atoms with Gasteiger partial charge in [-0.2, -0.15) is 0 Å². The molecule has 0 saturated carbocycles. The number of aliphatic hydroxyl groups is 1. The highest BCUT2D eigenvalue weighted by Gasteiger charge is 2.37. The predicted octanol–water partition coefficient (Wildman–Crippen LogP) is 1.94. The predicted molar refractivity (Wildman–Crippen MR) is 104 cm³/mol. The van der Waals surface area contributed by atoms with E-state index in [0.29, 0.717) is 17.1 Å². The Morgan fingerprint density at radius 3 is 2.93 bits per heavy atom. The van der Waals surface area contributed by atoms with Gasteiger partial charge in [0.05, 0.1) is 24.5 Å². The average Bonchev–Trinajstić information content (AvgIpc) is 2.99. The third-order valence-corrected chi connectivity index (χ3v) is 5.10. The van der Waals surface area contributed by atoms with Crippen LogP contribution < -0.4 is 15.5 Å². The Hall–Kier alpha value is -2.46. The molecule has 0 unspecified atom stereocenters. The molecule has 2 aliphatic rings. The number of nitrogens with zero attached hydrogens (tertiary/aromatic N) is 1. The molecule has 1 fully saturated rings. The number of alkyl carbamates (subject to hydrolysis) is 1. The first-order chi connectivity index (χ1) is 13.1. The van der Waals surface area contributed by atoms with Gasteiger partial charge in [-0.3, -0.25) is 9.69 Å². The monoisotopic (exact) mass is 409 g/mol. The van der Waals surface area contributed by atoms with E-state index in [2.05, 4.69) is 10.6 Å². The fraction of sp³-hybridized carbons (Fsp3) is 0.500. The van der Waals surface area contributed by atoms with Crippen LogP contribution in [0.1, 0.15) is 20.8 Å². The molecule has 2 aliphatic heterocycles. The lowest BCUT2D eigenvalue weighted by Gasteiger charge is -2.22. The quantitative estimate of drug-likeness (QED) is 0.696. The number of cyclic esters (lactones) is 1. The van der Waals surface area contributed by atoms with Crippen LogP contribution >= 0.6 is 11.8 Å². The topological polar surface area (TPSA) is 117 Å². The Morgan fingerprint density at radius 1 is 1.46 bits per heavy atom. The van der Waals surface area contributed by atoms with Gasteiger partial charge in [-0.05, 0) is 39.0 Å². The average molecular weight is 409 g/mol. The molecule has 1 aromatic carbocycles. The van der Waals surface area contributed by atoms with Crippen LogP contribution in [-0.4, -0.2) is 59.9 Å². The second kappa shape index (κ2) is 7.88. The number of carbonyl (C=O) groups is 3. The summed E-state index contributed by atoms with van der Waals surface area (Å²) >= 11 is 1.43. The van der Waals surface area contributed by atoms with Gasteiger partial charge in [-0.1, -0.05) is 0 Å². The summed E-state index contributed by atoms with van der Waals surface area (Å²) in [5.74, 6) is 0.261. The standard InChI is InChI=1S/C18H23N3O6S/c1-18(2,3)27-16(24)19-7-12(22)13-8-21(17(25)26-13)10-4-5-14-11(6-10)20-15(23)9-28-14/h4-6,12-13,22H,7-9H2,1-3H3,(H,19,24)(H,20,23)/t12-,13-/m0/s1. The van der Waals surface area contributed by atoms with Gasteiger partial charge >= 0.3 is 12.2 Å². The van der Waals surface area contributed by atoms with Crippen molar-refractivity contribution >= 4 is 41.2 Å². The van der Waals surface area contributed by atoms with Gasteiger partial charge in [0.15, 0.2) is 0 Å². The maximum Gasteiger partial charge on any atom is 0.414 e. The molecule has 10 heteroatoms. The van der Waals surface area contributed by atoms with E-state index in [1.807, 2.05) is 6.07 Å². The highest BCUT2D eigenvalue weighted by atomic mass is 32.2. The van der Waals surface area contributed by atoms with Gasteiger partial charge < -0.3 is 25.2 Å². The van der Waals surface area contributed by atoms with E-state index in [1.54, 1.807) is 32.9 Å². The van der Waals surface area contributed by atoms with Gasteiger partial charge in [-0.15, -0.1) is 11.8 Å². The number of benzene rings is 1. The summed E-state index contributed by atoms with van der Waals surface area (Å²) in [4.78, 5) is 37.8. The number of nitrogens with one attached hydrogen (secondary N) is 2. The van der Waals surface area contributed by atoms with Crippen molar-refractivity contribution in [1.29, 1.82) is 0 Å². The zero-order chi connectivity index (χ0) is 20.5. The van der Waals surface area contributed by atoms with E-state index in [-0.39, 0.29) is 19.0 Å². The summed E-state index contributed by atoms with van der Waals surface area (Å²) in [7, 11) is 0. The lowest BCUT2D eigenvalue weighted by Crippen LogP contribution is -2.42. The summed E-state index contributed by atoms with van der Waals surface area (Å²) in [6.07, 6.45) is -3.15. The number of thioether (sulfide) groups is 1. The molecule has 28 heavy (non-hydrogen) atoms. The third kappa shape index (κ3) is 4.87. The summed E-state index contributed by atoms with van der Waals surface area (Å²) in [5, 5.41) is 15.5. The number of hydrogen-bond donors (Lipinski definition) is 3. The number of carbonyl (C=O) groups excluding carboxylic acids is 3. The SMILES string of the molecule is CC(C)(C)OC(=O)NC[C@H](O)[C@@H]1CN(c2ccc3c(c2)NC(=O)CS3)C(=O)O1. The van der Waals surface area contributed by atoms with Gasteiger partial charge in [0, 0.05) is 10.6 Å². The number of ether oxygens (including phenoxy) is 2. The molecule has 3 amide bonds. The minimum absolute atomic E-state index is 0.0971. The van der Waals surface area contributed by atoms with Crippen molar-refractivity contribution in [3.8, 4) is 0 Å². The highest BCUT2D eigenvalue weighted by molar-refractivity contribution is 8.00. The Bertz CT molecular complexity index is 794. The molecule has 0 radical (unpaired) electrons. The summed E-state index contributed by atoms with van der Waals surface area (Å²) in [5.41, 5.74) is 0.551. The van der Waals surface area contributed by atoms with Crippen molar-refractivity contribution in [1.82, 2.24) is 5.32 Å². The lowest BCUT2D eigenvalue weighted by atomic mass is 10.2. The number of amides is 3. The van der Waals surface area contributed by atoms with Crippen molar-refractivity contribution in [2.24, 2.45) is 0 Å². The van der Waals surface area contributed by atoms with Crippen molar-refractivity contribution in [3.63, 3.8) is 0 Å². The number of aliphatic hydroxyl groups excluding tert-OH is 1. The Labute approximate surface area is 166 Å². The first kappa shape index (κ1) is 20.3. The van der Waals surface area contributed by atoms with Gasteiger partial charge in [0.2, 0.25) is 5.91 Å². The number of anilines is 2. The fourth-order valence-electron chi connectivity index (χ4n) is 2.77. The molecule has 2 atom stereocenters. The molecule has 1 aromatic rings. The van der Waals surface area contributed by atoms with E-state index in [4.69, 9.17) is 9.47 Å². The second-order valence-corrected chi connectivity index (χ2v) is 8.52. The normalized spacial score (nSPS) is 20.1. The number of hydrogen-bond acceptors (Lipinski definition) is 7. The minimum Gasteiger partial charge on any atom is -0.444 e. The molecule has 3 rings (SSSR count). The van der Waals surface area contributed by atoms with Crippen LogP contribution in [0.15, 0.2) is 23.1 Å². The molecule has 0 spiro atoms. The molecule has 1 saturated heterocycles. The van der Waals surface area contributed by atoms with Crippen LogP contribution in [-0.2, 0) is 14.3 Å². The van der Waals surface area contributed by atoms with Crippen molar-refractivity contribution < 1.29 is 29.0 Å². The number of fused-ring (bicyclic) bond motifs is 1. The molecule has 9 nitrogen and oxygen atoms in total. The summed E-state index contributed by atoms with van der Waals surface area (Å²) in [6.45, 7) is 5.21. The maximum atomic E-state index is 12.2. The Morgan fingerprint density at radius 2 is 2.21 bits per heavy atom. The van der Waals surface area contributed by atoms with Crippen LogP contribution in [0, 0.1) is 0 Å². The van der Waals surface area contributed by atoms with E-state index in [0.717, 1.165) is 4.90 Å². The molecular weight excluding hydrogens is 386 g/mol. The van der Waals surface area contributed by atoms with Crippen LogP contribution in [0.5, 0.6) is 0 Å². The van der Waals surface area contributed by atoms with E-state index >= 15 is 0 Å². The van der Waals surface area contributed by atoms with Crippen molar-refractivity contribution in [3.05, 3.63) is 18.2 Å². The summed E-state index contributed by atoms with van der Waals surface area (Å²) in [6, 6.07) is 5.29. The van der Waals surface area contributed by atoms with Crippen LogP contribution in [0.3, 0.4) is 0 Å². The summed E-state index contributed by atoms with van der Waals surface area (Å²) < 4.78 is 10.3. The Kier molecular flexibility index (Phi) is 5.71. The first-order valence-corrected chi connectivity index (χ1v) is 9.81.